The van der Waals surface area contributed by atoms with Gasteiger partial charge in [-0.1, -0.05) is 5.16 Å². The van der Waals surface area contributed by atoms with Crippen molar-refractivity contribution in [2.75, 3.05) is 26.2 Å². The van der Waals surface area contributed by atoms with E-state index in [0.717, 1.165) is 5.56 Å². The summed E-state index contributed by atoms with van der Waals surface area (Å²) in [7, 11) is 0. The minimum Gasteiger partial charge on any atom is -0.484 e. The molecule has 1 saturated heterocycles. The van der Waals surface area contributed by atoms with Crippen LogP contribution in [0.25, 0.3) is 11.4 Å². The number of carbonyl (C=O) groups is 2. The number of hydrogen-bond donors (Lipinski definition) is 1. The molecule has 1 aliphatic rings. The average Bonchev–Trinajstić information content (AvgIpc) is 3.33. The van der Waals surface area contributed by atoms with Gasteiger partial charge in [0.15, 0.2) is 6.61 Å². The van der Waals surface area contributed by atoms with Crippen LogP contribution in [0.2, 0.25) is 0 Å². The number of nitrogens with zero attached hydrogens (tertiary/aromatic N) is 4. The lowest BCUT2D eigenvalue weighted by Gasteiger charge is -2.22. The monoisotopic (exact) mass is 467 g/mol. The maximum absolute atomic E-state index is 13.1. The van der Waals surface area contributed by atoms with Crippen molar-refractivity contribution in [3.8, 4) is 17.1 Å². The molecule has 1 aliphatic heterocycles. The largest absolute Gasteiger partial charge is 0.484 e. The maximum Gasteiger partial charge on any atom is 0.260 e. The lowest BCUT2D eigenvalue weighted by Crippen LogP contribution is -2.38. The van der Waals surface area contributed by atoms with Crippen LogP contribution in [0, 0.1) is 5.82 Å². The first-order valence-electron chi connectivity index (χ1n) is 11.3. The topological polar surface area (TPSA) is 110 Å². The van der Waals surface area contributed by atoms with Crippen molar-refractivity contribution in [3.05, 3.63) is 60.5 Å². The van der Waals surface area contributed by atoms with E-state index in [1.54, 1.807) is 23.4 Å². The van der Waals surface area contributed by atoms with Gasteiger partial charge in [-0.3, -0.25) is 14.6 Å². The quantitative estimate of drug-likeness (QED) is 0.614. The number of halogens is 1. The van der Waals surface area contributed by atoms with Gasteiger partial charge in [0.2, 0.25) is 17.6 Å². The van der Waals surface area contributed by atoms with E-state index in [4.69, 9.17) is 9.26 Å². The first kappa shape index (κ1) is 23.3. The summed E-state index contributed by atoms with van der Waals surface area (Å²) in [5.74, 6) is 0.597. The molecule has 0 aliphatic carbocycles. The number of amides is 2. The highest BCUT2D eigenvalue weighted by Gasteiger charge is 2.23. The zero-order valence-corrected chi connectivity index (χ0v) is 18.7. The fourth-order valence-corrected chi connectivity index (χ4v) is 3.77. The minimum atomic E-state index is -0.375. The fraction of sp³-hybridized carbons (Fsp3) is 0.375. The highest BCUT2D eigenvalue weighted by atomic mass is 19.1. The molecule has 9 nitrogen and oxygen atoms in total. The van der Waals surface area contributed by atoms with Gasteiger partial charge in [-0.25, -0.2) is 4.39 Å². The molecule has 1 aromatic carbocycles. The molecule has 1 fully saturated rings. The molecule has 178 valence electrons. The van der Waals surface area contributed by atoms with E-state index in [1.807, 2.05) is 6.07 Å². The lowest BCUT2D eigenvalue weighted by molar-refractivity contribution is -0.134. The summed E-state index contributed by atoms with van der Waals surface area (Å²) in [5.41, 5.74) is 0.764. The van der Waals surface area contributed by atoms with Crippen molar-refractivity contribution in [2.45, 2.75) is 31.6 Å². The highest BCUT2D eigenvalue weighted by molar-refractivity contribution is 5.80. The first-order valence-corrected chi connectivity index (χ1v) is 11.3. The molecule has 10 heteroatoms. The van der Waals surface area contributed by atoms with Crippen molar-refractivity contribution < 1.29 is 23.2 Å². The summed E-state index contributed by atoms with van der Waals surface area (Å²) in [6, 6.07) is 9.15. The van der Waals surface area contributed by atoms with Crippen molar-refractivity contribution in [1.29, 1.82) is 0 Å². The van der Waals surface area contributed by atoms with E-state index in [-0.39, 0.29) is 36.6 Å². The number of benzene rings is 1. The zero-order valence-electron chi connectivity index (χ0n) is 18.7. The molecule has 0 saturated carbocycles. The van der Waals surface area contributed by atoms with Crippen molar-refractivity contribution in [2.24, 2.45) is 0 Å². The molecular formula is C24H26FN5O4. The third-order valence-electron chi connectivity index (χ3n) is 5.64. The summed E-state index contributed by atoms with van der Waals surface area (Å²) in [6.07, 6.45) is 5.62. The molecule has 34 heavy (non-hydrogen) atoms. The van der Waals surface area contributed by atoms with Gasteiger partial charge >= 0.3 is 0 Å². The van der Waals surface area contributed by atoms with Gasteiger partial charge in [-0.05, 0) is 55.7 Å². The normalized spacial score (nSPS) is 17.5. The van der Waals surface area contributed by atoms with Crippen LogP contribution in [0.1, 0.15) is 37.5 Å². The second-order valence-electron chi connectivity index (χ2n) is 8.05. The number of hydrogen-bond acceptors (Lipinski definition) is 7. The Kier molecular flexibility index (Phi) is 7.79. The van der Waals surface area contributed by atoms with E-state index in [9.17, 15) is 14.0 Å². The van der Waals surface area contributed by atoms with Gasteiger partial charge in [0.25, 0.3) is 5.91 Å². The predicted molar refractivity (Wildman–Crippen MR) is 120 cm³/mol. The summed E-state index contributed by atoms with van der Waals surface area (Å²) in [6.45, 7) is 1.07. The third kappa shape index (κ3) is 6.37. The predicted octanol–water partition coefficient (Wildman–Crippen LogP) is 2.95. The highest BCUT2D eigenvalue weighted by Crippen LogP contribution is 2.26. The number of ether oxygens (including phenoxy) is 1. The molecule has 1 N–H and O–H groups in total. The second kappa shape index (κ2) is 11.4. The second-order valence-corrected chi connectivity index (χ2v) is 8.05. The Morgan fingerprint density at radius 2 is 2.06 bits per heavy atom. The smallest absolute Gasteiger partial charge is 0.260 e. The van der Waals surface area contributed by atoms with Crippen LogP contribution < -0.4 is 10.1 Å². The van der Waals surface area contributed by atoms with Crippen LogP contribution in [-0.2, 0) is 9.59 Å². The number of rotatable bonds is 5. The van der Waals surface area contributed by atoms with Crippen molar-refractivity contribution in [3.63, 3.8) is 0 Å². The Hall–Kier alpha value is -3.82. The van der Waals surface area contributed by atoms with Crippen molar-refractivity contribution >= 4 is 11.8 Å². The van der Waals surface area contributed by atoms with E-state index < -0.39 is 0 Å². The van der Waals surface area contributed by atoms with Gasteiger partial charge in [0.05, 0.1) is 0 Å². The SMILES string of the molecule is O=C1CCN(C(=O)COc2ccc(F)cc2)CCCC(c2nc(-c3cccnc3)no2)CCN1. The molecule has 0 bridgehead atoms. The van der Waals surface area contributed by atoms with Gasteiger partial charge in [0, 0.05) is 49.9 Å². The Balaban J connectivity index is 1.38. The van der Waals surface area contributed by atoms with Gasteiger partial charge in [-0.2, -0.15) is 4.98 Å². The third-order valence-corrected chi connectivity index (χ3v) is 5.64. The average molecular weight is 468 g/mol. The van der Waals surface area contributed by atoms with Crippen LogP contribution in [0.5, 0.6) is 5.75 Å². The Morgan fingerprint density at radius 1 is 1.21 bits per heavy atom. The molecule has 3 aromatic rings. The van der Waals surface area contributed by atoms with Crippen LogP contribution in [0.15, 0.2) is 53.3 Å². The van der Waals surface area contributed by atoms with E-state index in [2.05, 4.69) is 20.4 Å². The lowest BCUT2D eigenvalue weighted by atomic mass is 9.99. The molecule has 2 amide bonds. The Bertz CT molecular complexity index is 1090. The van der Waals surface area contributed by atoms with Crippen LogP contribution in [-0.4, -0.2) is 58.1 Å². The number of carbonyl (C=O) groups excluding carboxylic acids is 2. The van der Waals surface area contributed by atoms with E-state index >= 15 is 0 Å². The van der Waals surface area contributed by atoms with Gasteiger partial charge in [-0.15, -0.1) is 0 Å². The molecule has 1 atom stereocenters. The molecular weight excluding hydrogens is 441 g/mol. The maximum atomic E-state index is 13.1. The Labute approximate surface area is 196 Å². The van der Waals surface area contributed by atoms with Crippen LogP contribution >= 0.6 is 0 Å². The Morgan fingerprint density at radius 3 is 2.85 bits per heavy atom. The van der Waals surface area contributed by atoms with Crippen LogP contribution in [0.4, 0.5) is 4.39 Å². The molecule has 0 radical (unpaired) electrons. The van der Waals surface area contributed by atoms with Crippen LogP contribution in [0.3, 0.4) is 0 Å². The number of pyridine rings is 1. The number of nitrogens with one attached hydrogen (secondary N) is 1. The van der Waals surface area contributed by atoms with Crippen molar-refractivity contribution in [1.82, 2.24) is 25.3 Å². The summed E-state index contributed by atoms with van der Waals surface area (Å²) >= 11 is 0. The summed E-state index contributed by atoms with van der Waals surface area (Å²) in [5, 5.41) is 6.97. The zero-order chi connectivity index (χ0) is 23.8. The van der Waals surface area contributed by atoms with E-state index in [0.29, 0.717) is 56.4 Å². The summed E-state index contributed by atoms with van der Waals surface area (Å²) < 4.78 is 24.1. The fourth-order valence-electron chi connectivity index (χ4n) is 3.77. The molecule has 4 rings (SSSR count). The number of aromatic nitrogens is 3. The van der Waals surface area contributed by atoms with Gasteiger partial charge < -0.3 is 19.5 Å². The standard InChI is InChI=1S/C24H26FN5O4/c25-19-5-7-20(8-6-19)33-16-22(32)30-13-2-4-17(9-12-27-21(31)10-14-30)24-28-23(29-34-24)18-3-1-11-26-15-18/h1,3,5-8,11,15,17H,2,4,9-10,12-14,16H2,(H,27,31). The molecule has 2 aromatic heterocycles. The first-order chi connectivity index (χ1) is 16.6. The van der Waals surface area contributed by atoms with Gasteiger partial charge in [0.1, 0.15) is 11.6 Å². The minimum absolute atomic E-state index is 0.0521. The molecule has 0 spiro atoms. The molecule has 1 unspecified atom stereocenters. The van der Waals surface area contributed by atoms with E-state index in [1.165, 1.54) is 24.3 Å². The molecule has 3 heterocycles. The summed E-state index contributed by atoms with van der Waals surface area (Å²) in [4.78, 5) is 35.3.